The Morgan fingerprint density at radius 3 is 2.76 bits per heavy atom. The lowest BCUT2D eigenvalue weighted by Gasteiger charge is -2.17. The molecule has 0 bridgehead atoms. The Bertz CT molecular complexity index is 355. The molecule has 2 nitrogen and oxygen atoms in total. The van der Waals surface area contributed by atoms with E-state index in [1.165, 1.54) is 12.3 Å². The second-order valence-electron chi connectivity index (χ2n) is 3.77. The molecular weight excluding hydrogens is 253 g/mol. The molecule has 0 fully saturated rings. The third-order valence-electron chi connectivity index (χ3n) is 2.27. The van der Waals surface area contributed by atoms with Crippen LogP contribution in [0.3, 0.4) is 0 Å². The van der Waals surface area contributed by atoms with Gasteiger partial charge < -0.3 is 5.32 Å². The highest BCUT2D eigenvalue weighted by Gasteiger charge is 2.34. The van der Waals surface area contributed by atoms with Gasteiger partial charge in [-0.3, -0.25) is 0 Å². The van der Waals surface area contributed by atoms with Gasteiger partial charge in [0.25, 0.3) is 0 Å². The number of nitrogens with one attached hydrogen (secondary N) is 1. The van der Waals surface area contributed by atoms with Crippen LogP contribution in [0.25, 0.3) is 0 Å². The van der Waals surface area contributed by atoms with Crippen molar-refractivity contribution in [3.05, 3.63) is 23.9 Å². The highest BCUT2D eigenvalue weighted by Crippen LogP contribution is 2.33. The molecule has 0 aliphatic heterocycles. The summed E-state index contributed by atoms with van der Waals surface area (Å²) in [6, 6.07) is 2.20. The molecule has 0 aromatic carbocycles. The first kappa shape index (κ1) is 14.1. The number of nitrogens with zero attached hydrogens (tertiary/aromatic N) is 1. The third kappa shape index (κ3) is 4.42. The van der Waals surface area contributed by atoms with Crippen molar-refractivity contribution in [1.29, 1.82) is 0 Å². The summed E-state index contributed by atoms with van der Waals surface area (Å²) in [7, 11) is 0. The van der Waals surface area contributed by atoms with Crippen LogP contribution in [0.2, 0.25) is 0 Å². The first-order valence-corrected chi connectivity index (χ1v) is 5.83. The molecule has 1 unspecified atom stereocenters. The van der Waals surface area contributed by atoms with Gasteiger partial charge in [0.1, 0.15) is 5.82 Å². The van der Waals surface area contributed by atoms with E-state index in [2.05, 4.69) is 10.3 Å². The van der Waals surface area contributed by atoms with E-state index in [9.17, 15) is 13.2 Å². The zero-order valence-electron chi connectivity index (χ0n) is 9.39. The van der Waals surface area contributed by atoms with E-state index in [4.69, 9.17) is 11.6 Å². The van der Waals surface area contributed by atoms with Gasteiger partial charge in [0.15, 0.2) is 0 Å². The van der Waals surface area contributed by atoms with Crippen LogP contribution in [-0.4, -0.2) is 16.9 Å². The van der Waals surface area contributed by atoms with Crippen LogP contribution in [0, 0.1) is 0 Å². The molecular formula is C11H14ClF3N2. The van der Waals surface area contributed by atoms with E-state index in [1.54, 1.807) is 6.92 Å². The quantitative estimate of drug-likeness (QED) is 0.817. The Balaban J connectivity index is 2.77. The van der Waals surface area contributed by atoms with Crippen molar-refractivity contribution in [3.63, 3.8) is 0 Å². The second kappa shape index (κ2) is 6.10. The number of hydrogen-bond acceptors (Lipinski definition) is 2. The summed E-state index contributed by atoms with van der Waals surface area (Å²) in [6.45, 7) is 1.81. The van der Waals surface area contributed by atoms with E-state index in [0.717, 1.165) is 12.5 Å². The zero-order chi connectivity index (χ0) is 12.9. The first-order chi connectivity index (χ1) is 7.95. The number of pyridine rings is 1. The summed E-state index contributed by atoms with van der Waals surface area (Å²) < 4.78 is 37.9. The largest absolute Gasteiger partial charge is 0.419 e. The Kier molecular flexibility index (Phi) is 5.05. The fraction of sp³-hybridized carbons (Fsp3) is 0.545. The zero-order valence-corrected chi connectivity index (χ0v) is 10.1. The second-order valence-corrected chi connectivity index (χ2v) is 4.15. The summed E-state index contributed by atoms with van der Waals surface area (Å²) in [6.07, 6.45) is -1.59. The van der Waals surface area contributed by atoms with Crippen molar-refractivity contribution >= 4 is 17.4 Å². The molecule has 0 aliphatic rings. The lowest BCUT2D eigenvalue weighted by Crippen LogP contribution is -2.19. The minimum atomic E-state index is -4.39. The molecule has 1 rings (SSSR count). The summed E-state index contributed by atoms with van der Waals surface area (Å²) in [5, 5.41) is 2.76. The van der Waals surface area contributed by atoms with E-state index in [-0.39, 0.29) is 11.9 Å². The number of aromatic nitrogens is 1. The molecule has 1 N–H and O–H groups in total. The molecule has 0 amide bonds. The maximum atomic E-state index is 12.6. The molecule has 17 heavy (non-hydrogen) atoms. The highest BCUT2D eigenvalue weighted by atomic mass is 35.5. The monoisotopic (exact) mass is 266 g/mol. The van der Waals surface area contributed by atoms with Crippen LogP contribution in [0.15, 0.2) is 18.3 Å². The topological polar surface area (TPSA) is 24.9 Å². The average molecular weight is 267 g/mol. The van der Waals surface area contributed by atoms with Crippen molar-refractivity contribution < 1.29 is 13.2 Å². The molecule has 0 saturated carbocycles. The van der Waals surface area contributed by atoms with Crippen molar-refractivity contribution in [2.45, 2.75) is 32.0 Å². The average Bonchev–Trinajstić information content (AvgIpc) is 2.25. The number of halogens is 4. The van der Waals surface area contributed by atoms with Crippen molar-refractivity contribution in [3.8, 4) is 0 Å². The predicted molar refractivity (Wildman–Crippen MR) is 62.3 cm³/mol. The number of alkyl halides is 4. The van der Waals surface area contributed by atoms with Crippen LogP contribution in [0.1, 0.15) is 25.3 Å². The summed E-state index contributed by atoms with van der Waals surface area (Å²) in [5.74, 6) is 0.377. The summed E-state index contributed by atoms with van der Waals surface area (Å²) in [5.41, 5.74) is -0.738. The van der Waals surface area contributed by atoms with Gasteiger partial charge in [0, 0.05) is 18.1 Å². The van der Waals surface area contributed by atoms with Gasteiger partial charge in [-0.25, -0.2) is 4.98 Å². The predicted octanol–water partition coefficient (Wildman–Crippen LogP) is 3.92. The fourth-order valence-electron chi connectivity index (χ4n) is 1.44. The van der Waals surface area contributed by atoms with Gasteiger partial charge in [-0.15, -0.1) is 11.6 Å². The molecule has 6 heteroatoms. The van der Waals surface area contributed by atoms with Crippen LogP contribution in [0.4, 0.5) is 19.0 Å². The van der Waals surface area contributed by atoms with Gasteiger partial charge in [0.05, 0.1) is 5.56 Å². The van der Waals surface area contributed by atoms with Crippen LogP contribution in [0.5, 0.6) is 0 Å². The minimum Gasteiger partial charge on any atom is -0.367 e. The van der Waals surface area contributed by atoms with Crippen molar-refractivity contribution in [2.24, 2.45) is 0 Å². The Hall–Kier alpha value is -0.970. The van der Waals surface area contributed by atoms with Gasteiger partial charge in [-0.2, -0.15) is 13.2 Å². The molecule has 1 heterocycles. The molecule has 96 valence electrons. The lowest BCUT2D eigenvalue weighted by molar-refractivity contribution is -0.137. The standard InChI is InChI=1S/C11H14ClF3N2/c1-8(4-2-6-12)17-10-9(11(13,14)15)5-3-7-16-10/h3,5,7-8H,2,4,6H2,1H3,(H,16,17). The number of anilines is 1. The summed E-state index contributed by atoms with van der Waals surface area (Å²) in [4.78, 5) is 3.73. The SMILES string of the molecule is CC(CCCCl)Nc1ncccc1C(F)(F)F. The van der Waals surface area contributed by atoms with Crippen LogP contribution in [-0.2, 0) is 6.18 Å². The first-order valence-electron chi connectivity index (χ1n) is 5.30. The highest BCUT2D eigenvalue weighted by molar-refractivity contribution is 6.17. The van der Waals surface area contributed by atoms with Crippen LogP contribution >= 0.6 is 11.6 Å². The Labute approximate surface area is 103 Å². The molecule has 1 aromatic rings. The third-order valence-corrected chi connectivity index (χ3v) is 2.53. The molecule has 1 atom stereocenters. The molecule has 0 spiro atoms. The van der Waals surface area contributed by atoms with E-state index in [0.29, 0.717) is 12.3 Å². The summed E-state index contributed by atoms with van der Waals surface area (Å²) >= 11 is 5.53. The smallest absolute Gasteiger partial charge is 0.367 e. The van der Waals surface area contributed by atoms with Gasteiger partial charge in [-0.05, 0) is 31.9 Å². The molecule has 0 radical (unpaired) electrons. The number of hydrogen-bond donors (Lipinski definition) is 1. The maximum absolute atomic E-state index is 12.6. The molecule has 0 aliphatic carbocycles. The van der Waals surface area contributed by atoms with Crippen molar-refractivity contribution in [2.75, 3.05) is 11.2 Å². The van der Waals surface area contributed by atoms with E-state index >= 15 is 0 Å². The Morgan fingerprint density at radius 2 is 2.18 bits per heavy atom. The molecule has 1 aromatic heterocycles. The van der Waals surface area contributed by atoms with Gasteiger partial charge in [-0.1, -0.05) is 0 Å². The van der Waals surface area contributed by atoms with E-state index in [1.807, 2.05) is 0 Å². The number of rotatable bonds is 5. The van der Waals surface area contributed by atoms with Crippen LogP contribution < -0.4 is 5.32 Å². The minimum absolute atomic E-state index is 0.0928. The van der Waals surface area contributed by atoms with E-state index < -0.39 is 11.7 Å². The van der Waals surface area contributed by atoms with Crippen molar-refractivity contribution in [1.82, 2.24) is 4.98 Å². The molecule has 0 saturated heterocycles. The Morgan fingerprint density at radius 1 is 1.47 bits per heavy atom. The van der Waals surface area contributed by atoms with Gasteiger partial charge in [0.2, 0.25) is 0 Å². The maximum Gasteiger partial charge on any atom is 0.419 e. The normalized spacial score (nSPS) is 13.5. The lowest BCUT2D eigenvalue weighted by atomic mass is 10.2. The van der Waals surface area contributed by atoms with Gasteiger partial charge >= 0.3 is 6.18 Å². The fourth-order valence-corrected chi connectivity index (χ4v) is 1.59.